The van der Waals surface area contributed by atoms with E-state index >= 15 is 0 Å². The third-order valence-corrected chi connectivity index (χ3v) is 4.42. The van der Waals surface area contributed by atoms with Gasteiger partial charge in [0, 0.05) is 44.7 Å². The molecule has 19 heavy (non-hydrogen) atoms. The maximum atomic E-state index is 11.9. The van der Waals surface area contributed by atoms with Crippen molar-refractivity contribution in [2.24, 2.45) is 5.92 Å². The fourth-order valence-corrected chi connectivity index (χ4v) is 2.67. The summed E-state index contributed by atoms with van der Waals surface area (Å²) in [7, 11) is 2.17. The van der Waals surface area contributed by atoms with Crippen LogP contribution in [-0.4, -0.2) is 74.1 Å². The van der Waals surface area contributed by atoms with E-state index in [1.54, 1.807) is 0 Å². The van der Waals surface area contributed by atoms with E-state index in [0.29, 0.717) is 12.3 Å². The minimum Gasteiger partial charge on any atom is -0.354 e. The molecule has 2 fully saturated rings. The predicted molar refractivity (Wildman–Crippen MR) is 77.1 cm³/mol. The van der Waals surface area contributed by atoms with Gasteiger partial charge in [0.1, 0.15) is 0 Å². The highest BCUT2D eigenvalue weighted by atomic mass is 16.1. The third kappa shape index (κ3) is 4.16. The second-order valence-corrected chi connectivity index (χ2v) is 6.61. The Morgan fingerprint density at radius 1 is 1.26 bits per heavy atom. The van der Waals surface area contributed by atoms with Crippen LogP contribution in [-0.2, 0) is 4.79 Å². The Kier molecular flexibility index (Phi) is 4.81. The molecule has 5 nitrogen and oxygen atoms in total. The molecule has 0 saturated carbocycles. The van der Waals surface area contributed by atoms with Gasteiger partial charge < -0.3 is 15.5 Å². The van der Waals surface area contributed by atoms with E-state index in [1.807, 2.05) is 0 Å². The number of carbonyl (C=O) groups excluding carboxylic acids is 1. The lowest BCUT2D eigenvalue weighted by Crippen LogP contribution is -2.58. The lowest BCUT2D eigenvalue weighted by molar-refractivity contribution is -0.123. The summed E-state index contributed by atoms with van der Waals surface area (Å²) >= 11 is 0. The van der Waals surface area contributed by atoms with Crippen molar-refractivity contribution in [3.05, 3.63) is 0 Å². The van der Waals surface area contributed by atoms with Crippen molar-refractivity contribution in [2.75, 3.05) is 52.9 Å². The largest absolute Gasteiger partial charge is 0.354 e. The number of rotatable bonds is 5. The van der Waals surface area contributed by atoms with Crippen LogP contribution >= 0.6 is 0 Å². The van der Waals surface area contributed by atoms with Gasteiger partial charge in [0.05, 0.1) is 0 Å². The molecule has 0 aromatic carbocycles. The zero-order valence-corrected chi connectivity index (χ0v) is 12.5. The summed E-state index contributed by atoms with van der Waals surface area (Å²) in [6.45, 7) is 11.6. The Labute approximate surface area is 116 Å². The first-order valence-electron chi connectivity index (χ1n) is 7.38. The third-order valence-electron chi connectivity index (χ3n) is 4.42. The van der Waals surface area contributed by atoms with Crippen molar-refractivity contribution >= 4 is 5.91 Å². The molecule has 0 aromatic rings. The molecule has 2 N–H and O–H groups in total. The van der Waals surface area contributed by atoms with E-state index in [9.17, 15) is 4.79 Å². The van der Waals surface area contributed by atoms with Crippen LogP contribution in [0.5, 0.6) is 0 Å². The minimum absolute atomic E-state index is 0.0504. The summed E-state index contributed by atoms with van der Waals surface area (Å²) in [6.07, 6.45) is 0.672. The molecule has 2 heterocycles. The molecule has 0 aliphatic carbocycles. The van der Waals surface area contributed by atoms with E-state index in [2.05, 4.69) is 41.3 Å². The fourth-order valence-electron chi connectivity index (χ4n) is 2.67. The Bertz CT molecular complexity index is 307. The molecule has 2 aliphatic heterocycles. The Balaban J connectivity index is 1.71. The van der Waals surface area contributed by atoms with Crippen LogP contribution in [0.2, 0.25) is 0 Å². The normalized spacial score (nSPS) is 23.1. The number of likely N-dealkylation sites (N-methyl/N-ethyl adjacent to an activating group) is 1. The van der Waals surface area contributed by atoms with E-state index in [0.717, 1.165) is 45.8 Å². The topological polar surface area (TPSA) is 47.6 Å². The standard InChI is InChI=1S/C14H28N4O/c1-14(2,18-6-4-17(3)5-7-18)11-16-13(19)8-12-9-15-10-12/h12,15H,4-11H2,1-3H3,(H,16,19). The first-order chi connectivity index (χ1) is 8.97. The summed E-state index contributed by atoms with van der Waals surface area (Å²) in [5, 5.41) is 6.31. The molecule has 0 aromatic heterocycles. The average molecular weight is 268 g/mol. The number of hydrogen-bond acceptors (Lipinski definition) is 4. The van der Waals surface area contributed by atoms with Gasteiger partial charge in [0.2, 0.25) is 5.91 Å². The van der Waals surface area contributed by atoms with Crippen molar-refractivity contribution in [2.45, 2.75) is 25.8 Å². The quantitative estimate of drug-likeness (QED) is 0.721. The summed E-state index contributed by atoms with van der Waals surface area (Å²) in [6, 6.07) is 0. The molecular weight excluding hydrogens is 240 g/mol. The van der Waals surface area contributed by atoms with Crippen molar-refractivity contribution in [3.8, 4) is 0 Å². The number of piperazine rings is 1. The number of carbonyl (C=O) groups is 1. The van der Waals surface area contributed by atoms with E-state index in [1.165, 1.54) is 0 Å². The van der Waals surface area contributed by atoms with Crippen molar-refractivity contribution in [3.63, 3.8) is 0 Å². The Hall–Kier alpha value is -0.650. The zero-order chi connectivity index (χ0) is 13.9. The summed E-state index contributed by atoms with van der Waals surface area (Å²) < 4.78 is 0. The SMILES string of the molecule is CN1CCN(C(C)(C)CNC(=O)CC2CNC2)CC1. The molecule has 0 atom stereocenters. The van der Waals surface area contributed by atoms with Crippen molar-refractivity contribution in [1.29, 1.82) is 0 Å². The Morgan fingerprint density at radius 2 is 1.89 bits per heavy atom. The molecule has 2 saturated heterocycles. The second kappa shape index (κ2) is 6.20. The van der Waals surface area contributed by atoms with Gasteiger partial charge in [-0.05, 0) is 39.9 Å². The van der Waals surface area contributed by atoms with Crippen LogP contribution in [0.3, 0.4) is 0 Å². The number of amides is 1. The average Bonchev–Trinajstić information content (AvgIpc) is 2.32. The van der Waals surface area contributed by atoms with Crippen molar-refractivity contribution < 1.29 is 4.79 Å². The lowest BCUT2D eigenvalue weighted by atomic mass is 9.98. The van der Waals surface area contributed by atoms with Gasteiger partial charge in [0.15, 0.2) is 0 Å². The van der Waals surface area contributed by atoms with Gasteiger partial charge >= 0.3 is 0 Å². The zero-order valence-electron chi connectivity index (χ0n) is 12.5. The summed E-state index contributed by atoms with van der Waals surface area (Å²) in [5.74, 6) is 0.750. The van der Waals surface area contributed by atoms with Gasteiger partial charge in [-0.15, -0.1) is 0 Å². The molecule has 2 rings (SSSR count). The minimum atomic E-state index is 0.0504. The van der Waals surface area contributed by atoms with Crippen molar-refractivity contribution in [1.82, 2.24) is 20.4 Å². The van der Waals surface area contributed by atoms with E-state index in [-0.39, 0.29) is 11.4 Å². The molecule has 2 aliphatic rings. The molecule has 0 unspecified atom stereocenters. The Morgan fingerprint density at radius 3 is 2.42 bits per heavy atom. The van der Waals surface area contributed by atoms with Gasteiger partial charge in [0.25, 0.3) is 0 Å². The maximum absolute atomic E-state index is 11.9. The van der Waals surface area contributed by atoms with E-state index in [4.69, 9.17) is 0 Å². The number of hydrogen-bond donors (Lipinski definition) is 2. The van der Waals surface area contributed by atoms with Crippen LogP contribution in [0.1, 0.15) is 20.3 Å². The highest BCUT2D eigenvalue weighted by Gasteiger charge is 2.30. The lowest BCUT2D eigenvalue weighted by Gasteiger charge is -2.43. The highest BCUT2D eigenvalue weighted by Crippen LogP contribution is 2.16. The van der Waals surface area contributed by atoms with Gasteiger partial charge in [-0.3, -0.25) is 9.69 Å². The highest BCUT2D eigenvalue weighted by molar-refractivity contribution is 5.76. The van der Waals surface area contributed by atoms with Gasteiger partial charge in [-0.1, -0.05) is 0 Å². The molecule has 5 heteroatoms. The maximum Gasteiger partial charge on any atom is 0.220 e. The smallest absolute Gasteiger partial charge is 0.220 e. The summed E-state index contributed by atoms with van der Waals surface area (Å²) in [4.78, 5) is 16.7. The predicted octanol–water partition coefficient (Wildman–Crippen LogP) is -0.262. The molecule has 1 amide bonds. The number of nitrogens with one attached hydrogen (secondary N) is 2. The molecule has 0 spiro atoms. The molecule has 0 radical (unpaired) electrons. The second-order valence-electron chi connectivity index (χ2n) is 6.61. The van der Waals surface area contributed by atoms with Crippen LogP contribution < -0.4 is 10.6 Å². The first kappa shape index (κ1) is 14.8. The van der Waals surface area contributed by atoms with Crippen LogP contribution in [0.25, 0.3) is 0 Å². The first-order valence-corrected chi connectivity index (χ1v) is 7.38. The molecular formula is C14H28N4O. The molecule has 0 bridgehead atoms. The molecule has 110 valence electrons. The van der Waals surface area contributed by atoms with E-state index < -0.39 is 0 Å². The van der Waals surface area contributed by atoms with Gasteiger partial charge in [-0.2, -0.15) is 0 Å². The summed E-state index contributed by atoms with van der Waals surface area (Å²) in [5.41, 5.74) is 0.0504. The fraction of sp³-hybridized carbons (Fsp3) is 0.929. The van der Waals surface area contributed by atoms with Crippen LogP contribution in [0.15, 0.2) is 0 Å². The van der Waals surface area contributed by atoms with Gasteiger partial charge in [-0.25, -0.2) is 0 Å². The number of nitrogens with zero attached hydrogens (tertiary/aromatic N) is 2. The monoisotopic (exact) mass is 268 g/mol. The van der Waals surface area contributed by atoms with Crippen LogP contribution in [0.4, 0.5) is 0 Å². The van der Waals surface area contributed by atoms with Crippen LogP contribution in [0, 0.1) is 5.92 Å².